The van der Waals surface area contributed by atoms with Crippen molar-refractivity contribution in [1.82, 2.24) is 0 Å². The SMILES string of the molecule is O=C(O)[C@H](Cc1ccc(-c2cc(F)c(F)c3c2OCCC3)c2c1CCCO2)Nc1c(Cl)cccc1Cl. The zero-order valence-electron chi connectivity index (χ0n) is 19.2. The van der Waals surface area contributed by atoms with Gasteiger partial charge in [0.15, 0.2) is 11.6 Å². The van der Waals surface area contributed by atoms with Crippen molar-refractivity contribution >= 4 is 34.9 Å². The van der Waals surface area contributed by atoms with Gasteiger partial charge in [-0.05, 0) is 55.0 Å². The number of ether oxygens (including phenoxy) is 2. The van der Waals surface area contributed by atoms with Gasteiger partial charge in [0.1, 0.15) is 17.5 Å². The number of halogens is 4. The molecule has 3 aromatic carbocycles. The van der Waals surface area contributed by atoms with Crippen LogP contribution in [0, 0.1) is 11.6 Å². The molecular weight excluding hydrogens is 511 g/mol. The van der Waals surface area contributed by atoms with Gasteiger partial charge in [0.05, 0.1) is 28.9 Å². The van der Waals surface area contributed by atoms with Gasteiger partial charge in [0.25, 0.3) is 0 Å². The number of carboxylic acids is 1. The van der Waals surface area contributed by atoms with Crippen LogP contribution in [0.5, 0.6) is 11.5 Å². The van der Waals surface area contributed by atoms with Gasteiger partial charge in [-0.1, -0.05) is 41.4 Å². The molecule has 1 atom stereocenters. The summed E-state index contributed by atoms with van der Waals surface area (Å²) in [6, 6.07) is 8.63. The molecule has 188 valence electrons. The molecule has 2 heterocycles. The smallest absolute Gasteiger partial charge is 0.326 e. The van der Waals surface area contributed by atoms with Crippen LogP contribution in [-0.2, 0) is 24.1 Å². The number of aliphatic carboxylic acids is 1. The molecule has 0 fully saturated rings. The summed E-state index contributed by atoms with van der Waals surface area (Å²) >= 11 is 12.5. The summed E-state index contributed by atoms with van der Waals surface area (Å²) < 4.78 is 40.8. The third kappa shape index (κ3) is 4.58. The van der Waals surface area contributed by atoms with Crippen LogP contribution in [0.15, 0.2) is 36.4 Å². The highest BCUT2D eigenvalue weighted by Gasteiger charge is 2.29. The molecule has 0 bridgehead atoms. The van der Waals surface area contributed by atoms with Crippen molar-refractivity contribution in [2.45, 2.75) is 38.1 Å². The van der Waals surface area contributed by atoms with E-state index in [9.17, 15) is 18.7 Å². The summed E-state index contributed by atoms with van der Waals surface area (Å²) in [7, 11) is 0. The van der Waals surface area contributed by atoms with E-state index in [0.717, 1.165) is 23.6 Å². The number of hydrogen-bond acceptors (Lipinski definition) is 4. The van der Waals surface area contributed by atoms with Crippen LogP contribution in [0.3, 0.4) is 0 Å². The standard InChI is InChI=1S/C27H23Cl2F2NO4/c28-19-6-1-7-20(29)24(19)32-22(27(33)34)12-14-8-9-16(25-15(14)4-2-10-35-25)18-13-21(30)23(31)17-5-3-11-36-26(17)18/h1,6-9,13,22,32H,2-5,10-12H2,(H,33,34)/t22-/m0/s1. The van der Waals surface area contributed by atoms with Gasteiger partial charge in [-0.3, -0.25) is 0 Å². The number of benzene rings is 3. The molecular formula is C27H23Cl2F2NO4. The van der Waals surface area contributed by atoms with E-state index in [0.29, 0.717) is 70.8 Å². The summed E-state index contributed by atoms with van der Waals surface area (Å²) in [6.45, 7) is 0.884. The van der Waals surface area contributed by atoms with Gasteiger partial charge >= 0.3 is 5.97 Å². The second-order valence-electron chi connectivity index (χ2n) is 8.85. The number of para-hydroxylation sites is 1. The quantitative estimate of drug-likeness (QED) is 0.369. The molecule has 0 aromatic heterocycles. The van der Waals surface area contributed by atoms with Crippen molar-refractivity contribution in [3.05, 3.63) is 74.8 Å². The van der Waals surface area contributed by atoms with Crippen molar-refractivity contribution in [3.8, 4) is 22.6 Å². The van der Waals surface area contributed by atoms with Gasteiger partial charge in [0, 0.05) is 23.1 Å². The normalized spacial score (nSPS) is 15.2. The van der Waals surface area contributed by atoms with Gasteiger partial charge in [-0.2, -0.15) is 0 Å². The molecule has 0 saturated carbocycles. The number of rotatable bonds is 6. The number of nitrogens with one attached hydrogen (secondary N) is 1. The van der Waals surface area contributed by atoms with Crippen LogP contribution in [0.25, 0.3) is 11.1 Å². The van der Waals surface area contributed by atoms with Crippen molar-refractivity contribution in [3.63, 3.8) is 0 Å². The van der Waals surface area contributed by atoms with Gasteiger partial charge in [0.2, 0.25) is 0 Å². The average molecular weight is 534 g/mol. The fourth-order valence-electron chi connectivity index (χ4n) is 4.84. The van der Waals surface area contributed by atoms with Crippen LogP contribution in [0.2, 0.25) is 10.0 Å². The van der Waals surface area contributed by atoms with Crippen molar-refractivity contribution in [2.75, 3.05) is 18.5 Å². The van der Waals surface area contributed by atoms with Gasteiger partial charge in [-0.15, -0.1) is 0 Å². The average Bonchev–Trinajstić information content (AvgIpc) is 2.88. The molecule has 2 aliphatic rings. The fraction of sp³-hybridized carbons (Fsp3) is 0.296. The van der Waals surface area contributed by atoms with Crippen molar-refractivity contribution < 1.29 is 28.2 Å². The molecule has 0 spiro atoms. The van der Waals surface area contributed by atoms with Crippen LogP contribution in [-0.4, -0.2) is 30.3 Å². The Balaban J connectivity index is 1.55. The lowest BCUT2D eigenvalue weighted by Gasteiger charge is -2.27. The number of anilines is 1. The predicted molar refractivity (Wildman–Crippen MR) is 135 cm³/mol. The molecule has 0 saturated heterocycles. The van der Waals surface area contributed by atoms with Crippen LogP contribution >= 0.6 is 23.2 Å². The van der Waals surface area contributed by atoms with Crippen LogP contribution in [0.1, 0.15) is 29.5 Å². The Morgan fingerprint density at radius 3 is 2.28 bits per heavy atom. The second kappa shape index (κ2) is 10.1. The third-order valence-corrected chi connectivity index (χ3v) is 7.18. The summed E-state index contributed by atoms with van der Waals surface area (Å²) in [5.41, 5.74) is 3.22. The largest absolute Gasteiger partial charge is 0.493 e. The molecule has 2 N–H and O–H groups in total. The fourth-order valence-corrected chi connectivity index (χ4v) is 5.34. The molecule has 3 aromatic rings. The molecule has 5 nitrogen and oxygen atoms in total. The zero-order chi connectivity index (χ0) is 25.4. The monoisotopic (exact) mass is 533 g/mol. The molecule has 2 aliphatic heterocycles. The number of carbonyl (C=O) groups is 1. The Labute approximate surface area is 216 Å². The van der Waals surface area contributed by atoms with E-state index in [1.165, 1.54) is 0 Å². The Morgan fingerprint density at radius 2 is 1.61 bits per heavy atom. The van der Waals surface area contributed by atoms with E-state index in [4.69, 9.17) is 32.7 Å². The maximum absolute atomic E-state index is 14.5. The van der Waals surface area contributed by atoms with E-state index in [1.807, 2.05) is 6.07 Å². The van der Waals surface area contributed by atoms with E-state index < -0.39 is 23.6 Å². The van der Waals surface area contributed by atoms with Crippen molar-refractivity contribution in [2.24, 2.45) is 0 Å². The Bertz CT molecular complexity index is 1330. The maximum atomic E-state index is 14.5. The maximum Gasteiger partial charge on any atom is 0.326 e. The van der Waals surface area contributed by atoms with Gasteiger partial charge in [-0.25, -0.2) is 13.6 Å². The number of hydrogen-bond donors (Lipinski definition) is 2. The minimum atomic E-state index is -1.07. The first kappa shape index (κ1) is 24.7. The van der Waals surface area contributed by atoms with E-state index in [-0.39, 0.29) is 12.0 Å². The number of fused-ring (bicyclic) bond motifs is 2. The molecule has 0 radical (unpaired) electrons. The highest BCUT2D eigenvalue weighted by molar-refractivity contribution is 6.39. The first-order chi connectivity index (χ1) is 17.3. The lowest BCUT2D eigenvalue weighted by molar-refractivity contribution is -0.137. The zero-order valence-corrected chi connectivity index (χ0v) is 20.7. The summed E-state index contributed by atoms with van der Waals surface area (Å²) in [6.07, 6.45) is 2.54. The summed E-state index contributed by atoms with van der Waals surface area (Å²) in [5, 5.41) is 13.5. The first-order valence-electron chi connectivity index (χ1n) is 11.7. The number of carboxylic acid groups (broad SMARTS) is 1. The van der Waals surface area contributed by atoms with E-state index >= 15 is 0 Å². The Hall–Kier alpha value is -3.03. The van der Waals surface area contributed by atoms with Crippen molar-refractivity contribution in [1.29, 1.82) is 0 Å². The molecule has 0 aliphatic carbocycles. The Morgan fingerprint density at radius 1 is 0.972 bits per heavy atom. The first-order valence-corrected chi connectivity index (χ1v) is 12.5. The van der Waals surface area contributed by atoms with E-state index in [2.05, 4.69) is 5.32 Å². The molecule has 36 heavy (non-hydrogen) atoms. The third-order valence-electron chi connectivity index (χ3n) is 6.55. The second-order valence-corrected chi connectivity index (χ2v) is 9.66. The van der Waals surface area contributed by atoms with Crippen LogP contribution in [0.4, 0.5) is 14.5 Å². The summed E-state index contributed by atoms with van der Waals surface area (Å²) in [5.74, 6) is -2.00. The van der Waals surface area contributed by atoms with Gasteiger partial charge < -0.3 is 19.9 Å². The van der Waals surface area contributed by atoms with E-state index in [1.54, 1.807) is 24.3 Å². The summed E-state index contributed by atoms with van der Waals surface area (Å²) in [4.78, 5) is 12.1. The molecule has 0 amide bonds. The lowest BCUT2D eigenvalue weighted by atomic mass is 9.89. The lowest BCUT2D eigenvalue weighted by Crippen LogP contribution is -2.32. The predicted octanol–water partition coefficient (Wildman–Crippen LogP) is 6.70. The molecule has 9 heteroatoms. The molecule has 0 unspecified atom stereocenters. The highest BCUT2D eigenvalue weighted by Crippen LogP contribution is 2.45. The molecule has 5 rings (SSSR count). The highest BCUT2D eigenvalue weighted by atomic mass is 35.5. The minimum absolute atomic E-state index is 0.134. The van der Waals surface area contributed by atoms with Crippen LogP contribution < -0.4 is 14.8 Å². The Kier molecular flexibility index (Phi) is 6.95. The topological polar surface area (TPSA) is 67.8 Å². The minimum Gasteiger partial charge on any atom is -0.493 e.